The molecule has 2 nitrogen and oxygen atoms in total. The molecule has 1 aromatic carbocycles. The molecule has 0 radical (unpaired) electrons. The summed E-state index contributed by atoms with van der Waals surface area (Å²) < 4.78 is 38.5. The first kappa shape index (κ1) is 17.8. The summed E-state index contributed by atoms with van der Waals surface area (Å²) >= 11 is 3.20. The number of hydrogen-bond donors (Lipinski definition) is 2. The van der Waals surface area contributed by atoms with Crippen molar-refractivity contribution in [3.63, 3.8) is 0 Å². The molecule has 114 valence electrons. The van der Waals surface area contributed by atoms with Crippen LogP contribution in [0.25, 0.3) is 0 Å². The first-order valence-electron chi connectivity index (χ1n) is 6.11. The van der Waals surface area contributed by atoms with E-state index in [4.69, 9.17) is 5.73 Å². The smallest absolute Gasteiger partial charge is 0.391 e. The average molecular weight is 375 g/mol. The molecule has 0 aromatic heterocycles. The minimum absolute atomic E-state index is 0. The van der Waals surface area contributed by atoms with Crippen molar-refractivity contribution >= 4 is 28.3 Å². The summed E-state index contributed by atoms with van der Waals surface area (Å²) in [5.74, 6) is 0.0939. The van der Waals surface area contributed by atoms with Crippen LogP contribution in [0.15, 0.2) is 22.7 Å². The van der Waals surface area contributed by atoms with E-state index in [1.54, 1.807) is 0 Å². The third-order valence-electron chi connectivity index (χ3n) is 3.68. The molecule has 20 heavy (non-hydrogen) atoms. The predicted octanol–water partition coefficient (Wildman–Crippen LogP) is 4.05. The fourth-order valence-electron chi connectivity index (χ4n) is 2.23. The van der Waals surface area contributed by atoms with Gasteiger partial charge >= 0.3 is 6.18 Å². The highest BCUT2D eigenvalue weighted by atomic mass is 79.9. The number of benzene rings is 1. The van der Waals surface area contributed by atoms with Gasteiger partial charge in [0.1, 0.15) is 0 Å². The SMILES string of the molecule is Cl.N[C@@H](c1cc(C(F)(F)F)ccc1Br)[C@H](O)C1CCC1. The molecule has 0 amide bonds. The Kier molecular flexibility index (Phi) is 5.89. The highest BCUT2D eigenvalue weighted by Gasteiger charge is 2.34. The number of alkyl halides is 3. The van der Waals surface area contributed by atoms with E-state index in [-0.39, 0.29) is 18.3 Å². The van der Waals surface area contributed by atoms with Gasteiger partial charge < -0.3 is 10.8 Å². The molecule has 2 rings (SSSR count). The number of hydrogen-bond acceptors (Lipinski definition) is 2. The quantitative estimate of drug-likeness (QED) is 0.838. The molecule has 1 fully saturated rings. The lowest BCUT2D eigenvalue weighted by Gasteiger charge is -2.34. The van der Waals surface area contributed by atoms with Crippen LogP contribution >= 0.6 is 28.3 Å². The maximum atomic E-state index is 12.7. The van der Waals surface area contributed by atoms with Crippen molar-refractivity contribution in [2.45, 2.75) is 37.6 Å². The highest BCUT2D eigenvalue weighted by Crippen LogP contribution is 2.38. The number of halogens is 5. The van der Waals surface area contributed by atoms with Gasteiger partial charge in [0.15, 0.2) is 0 Å². The van der Waals surface area contributed by atoms with E-state index in [9.17, 15) is 18.3 Å². The molecule has 1 saturated carbocycles. The first-order chi connectivity index (χ1) is 8.80. The largest absolute Gasteiger partial charge is 0.416 e. The van der Waals surface area contributed by atoms with Crippen LogP contribution in [-0.4, -0.2) is 11.2 Å². The van der Waals surface area contributed by atoms with Crippen molar-refractivity contribution in [3.05, 3.63) is 33.8 Å². The van der Waals surface area contributed by atoms with Gasteiger partial charge in [-0.05, 0) is 42.5 Å². The van der Waals surface area contributed by atoms with E-state index in [1.165, 1.54) is 6.07 Å². The second-order valence-electron chi connectivity index (χ2n) is 4.94. The minimum atomic E-state index is -4.41. The lowest BCUT2D eigenvalue weighted by atomic mass is 9.77. The van der Waals surface area contributed by atoms with Crippen molar-refractivity contribution in [1.82, 2.24) is 0 Å². The van der Waals surface area contributed by atoms with E-state index in [0.717, 1.165) is 31.4 Å². The molecule has 0 aliphatic heterocycles. The van der Waals surface area contributed by atoms with Crippen LogP contribution in [0, 0.1) is 5.92 Å². The van der Waals surface area contributed by atoms with E-state index in [0.29, 0.717) is 10.0 Å². The van der Waals surface area contributed by atoms with E-state index in [1.807, 2.05) is 0 Å². The maximum absolute atomic E-state index is 12.7. The van der Waals surface area contributed by atoms with Gasteiger partial charge in [-0.15, -0.1) is 12.4 Å². The molecule has 0 heterocycles. The maximum Gasteiger partial charge on any atom is 0.416 e. The zero-order valence-corrected chi connectivity index (χ0v) is 12.9. The van der Waals surface area contributed by atoms with Gasteiger partial charge in [0.05, 0.1) is 17.7 Å². The van der Waals surface area contributed by atoms with Gasteiger partial charge in [0, 0.05) is 4.47 Å². The molecule has 1 aliphatic rings. The van der Waals surface area contributed by atoms with Crippen LogP contribution in [0.2, 0.25) is 0 Å². The summed E-state index contributed by atoms with van der Waals surface area (Å²) in [6.07, 6.45) is -2.40. The highest BCUT2D eigenvalue weighted by molar-refractivity contribution is 9.10. The Morgan fingerprint density at radius 1 is 1.30 bits per heavy atom. The van der Waals surface area contributed by atoms with E-state index < -0.39 is 23.9 Å². The lowest BCUT2D eigenvalue weighted by molar-refractivity contribution is -0.137. The van der Waals surface area contributed by atoms with Gasteiger partial charge in [-0.2, -0.15) is 13.2 Å². The fourth-order valence-corrected chi connectivity index (χ4v) is 2.75. The van der Waals surface area contributed by atoms with Gasteiger partial charge in [-0.3, -0.25) is 0 Å². The van der Waals surface area contributed by atoms with Crippen molar-refractivity contribution in [2.24, 2.45) is 11.7 Å². The molecule has 0 spiro atoms. The van der Waals surface area contributed by atoms with Gasteiger partial charge in [-0.25, -0.2) is 0 Å². The summed E-state index contributed by atoms with van der Waals surface area (Å²) in [6.45, 7) is 0. The Bertz CT molecular complexity index is 465. The molecule has 0 bridgehead atoms. The molecular formula is C13H16BrClF3NO. The number of nitrogens with two attached hydrogens (primary N) is 1. The molecule has 2 atom stereocenters. The van der Waals surface area contributed by atoms with Crippen LogP contribution < -0.4 is 5.73 Å². The number of rotatable bonds is 3. The van der Waals surface area contributed by atoms with Gasteiger partial charge in [0.25, 0.3) is 0 Å². The predicted molar refractivity (Wildman–Crippen MR) is 76.7 cm³/mol. The lowest BCUT2D eigenvalue weighted by Crippen LogP contribution is -2.36. The minimum Gasteiger partial charge on any atom is -0.391 e. The van der Waals surface area contributed by atoms with Gasteiger partial charge in [-0.1, -0.05) is 22.4 Å². The van der Waals surface area contributed by atoms with Gasteiger partial charge in [0.2, 0.25) is 0 Å². The standard InChI is InChI=1S/C13H15BrF3NO.ClH/c14-10-5-4-8(13(15,16)17)6-9(10)11(18)12(19)7-2-1-3-7;/h4-7,11-12,19H,1-3,18H2;1H/t11-,12+;/m0./s1. The molecule has 0 saturated heterocycles. The normalized spacial score (nSPS) is 18.9. The van der Waals surface area contributed by atoms with E-state index >= 15 is 0 Å². The second-order valence-corrected chi connectivity index (χ2v) is 5.80. The molecular weight excluding hydrogens is 359 g/mol. The summed E-state index contributed by atoms with van der Waals surface area (Å²) in [5.41, 5.74) is 5.47. The third-order valence-corrected chi connectivity index (χ3v) is 4.41. The fraction of sp³-hybridized carbons (Fsp3) is 0.538. The first-order valence-corrected chi connectivity index (χ1v) is 6.90. The topological polar surface area (TPSA) is 46.2 Å². The summed E-state index contributed by atoms with van der Waals surface area (Å²) in [5, 5.41) is 10.1. The number of aliphatic hydroxyl groups excluding tert-OH is 1. The summed E-state index contributed by atoms with van der Waals surface area (Å²) in [7, 11) is 0. The van der Waals surface area contributed by atoms with Crippen molar-refractivity contribution in [1.29, 1.82) is 0 Å². The zero-order valence-electron chi connectivity index (χ0n) is 10.5. The van der Waals surface area contributed by atoms with Crippen molar-refractivity contribution < 1.29 is 18.3 Å². The summed E-state index contributed by atoms with van der Waals surface area (Å²) in [6, 6.07) is 2.53. The van der Waals surface area contributed by atoms with Crippen LogP contribution in [0.5, 0.6) is 0 Å². The Labute approximate surface area is 130 Å². The second kappa shape index (κ2) is 6.64. The van der Waals surface area contributed by atoms with Crippen LogP contribution in [0.3, 0.4) is 0 Å². The Balaban J connectivity index is 0.00000200. The molecule has 3 N–H and O–H groups in total. The van der Waals surface area contributed by atoms with Crippen LogP contribution in [0.4, 0.5) is 13.2 Å². The molecule has 0 unspecified atom stereocenters. The molecule has 1 aromatic rings. The molecule has 1 aliphatic carbocycles. The third kappa shape index (κ3) is 3.67. The van der Waals surface area contributed by atoms with Crippen molar-refractivity contribution in [2.75, 3.05) is 0 Å². The molecule has 7 heteroatoms. The Morgan fingerprint density at radius 2 is 1.90 bits per heavy atom. The van der Waals surface area contributed by atoms with E-state index in [2.05, 4.69) is 15.9 Å². The summed E-state index contributed by atoms with van der Waals surface area (Å²) in [4.78, 5) is 0. The van der Waals surface area contributed by atoms with Crippen LogP contribution in [0.1, 0.15) is 36.4 Å². The Hall–Kier alpha value is -0.300. The monoisotopic (exact) mass is 373 g/mol. The van der Waals surface area contributed by atoms with Crippen molar-refractivity contribution in [3.8, 4) is 0 Å². The zero-order chi connectivity index (χ0) is 14.2. The van der Waals surface area contributed by atoms with Crippen LogP contribution in [-0.2, 0) is 6.18 Å². The average Bonchev–Trinajstić information content (AvgIpc) is 2.24. The Morgan fingerprint density at radius 3 is 2.35 bits per heavy atom. The number of aliphatic hydroxyl groups is 1.